The van der Waals surface area contributed by atoms with Gasteiger partial charge in [0.25, 0.3) is 0 Å². The molecule has 0 fully saturated rings. The monoisotopic (exact) mass is 320 g/mol. The van der Waals surface area contributed by atoms with Gasteiger partial charge in [-0.3, -0.25) is 0 Å². The third-order valence-corrected chi connectivity index (χ3v) is 3.43. The van der Waals surface area contributed by atoms with Gasteiger partial charge >= 0.3 is 0 Å². The van der Waals surface area contributed by atoms with Gasteiger partial charge in [0.05, 0.1) is 7.11 Å². The summed E-state index contributed by atoms with van der Waals surface area (Å²) in [5.41, 5.74) is 3.41. The van der Waals surface area contributed by atoms with Crippen molar-refractivity contribution < 1.29 is 9.47 Å². The molecule has 100 valence electrons. The zero-order chi connectivity index (χ0) is 13.8. The molecule has 2 rings (SSSR count). The van der Waals surface area contributed by atoms with Crippen LogP contribution >= 0.6 is 15.9 Å². The maximum Gasteiger partial charge on any atom is 0.125 e. The molecule has 0 aromatic heterocycles. The Morgan fingerprint density at radius 3 is 2.11 bits per heavy atom. The maximum absolute atomic E-state index is 5.92. The average molecular weight is 321 g/mol. The molecule has 0 aliphatic carbocycles. The van der Waals surface area contributed by atoms with Gasteiger partial charge < -0.3 is 9.47 Å². The summed E-state index contributed by atoms with van der Waals surface area (Å²) in [5.74, 6) is 1.82. The van der Waals surface area contributed by atoms with Crippen LogP contribution in [-0.2, 0) is 6.61 Å². The lowest BCUT2D eigenvalue weighted by Gasteiger charge is -2.13. The first-order valence-electron chi connectivity index (χ1n) is 6.12. The van der Waals surface area contributed by atoms with Gasteiger partial charge in [-0.1, -0.05) is 28.1 Å². The van der Waals surface area contributed by atoms with Gasteiger partial charge in [-0.15, -0.1) is 0 Å². The molecule has 0 spiro atoms. The number of benzene rings is 2. The first kappa shape index (κ1) is 13.9. The summed E-state index contributed by atoms with van der Waals surface area (Å²) < 4.78 is 12.1. The molecule has 0 aliphatic rings. The Morgan fingerprint density at radius 1 is 1.00 bits per heavy atom. The van der Waals surface area contributed by atoms with Crippen LogP contribution in [0.1, 0.15) is 16.7 Å². The van der Waals surface area contributed by atoms with Crippen molar-refractivity contribution >= 4 is 15.9 Å². The van der Waals surface area contributed by atoms with Crippen molar-refractivity contribution in [2.24, 2.45) is 0 Å². The predicted octanol–water partition coefficient (Wildman–Crippen LogP) is 4.65. The van der Waals surface area contributed by atoms with E-state index in [-0.39, 0.29) is 0 Å². The quantitative estimate of drug-likeness (QED) is 0.816. The van der Waals surface area contributed by atoms with Gasteiger partial charge in [0.1, 0.15) is 18.1 Å². The van der Waals surface area contributed by atoms with Crippen molar-refractivity contribution in [1.82, 2.24) is 0 Å². The maximum atomic E-state index is 5.92. The Labute approximate surface area is 122 Å². The average Bonchev–Trinajstić information content (AvgIpc) is 2.38. The first-order chi connectivity index (χ1) is 9.10. The summed E-state index contributed by atoms with van der Waals surface area (Å²) in [6, 6.07) is 12.1. The normalized spacial score (nSPS) is 10.3. The lowest BCUT2D eigenvalue weighted by atomic mass is 10.1. The Hall–Kier alpha value is -1.48. The molecular weight excluding hydrogens is 304 g/mol. The summed E-state index contributed by atoms with van der Waals surface area (Å²) in [5, 5.41) is 0. The topological polar surface area (TPSA) is 18.5 Å². The van der Waals surface area contributed by atoms with Crippen LogP contribution < -0.4 is 9.47 Å². The van der Waals surface area contributed by atoms with Crippen LogP contribution in [0.25, 0.3) is 0 Å². The van der Waals surface area contributed by atoms with Crippen LogP contribution in [0.5, 0.6) is 11.5 Å². The molecule has 2 aromatic rings. The number of methoxy groups -OCH3 is 1. The Kier molecular flexibility index (Phi) is 4.48. The molecule has 2 nitrogen and oxygen atoms in total. The highest BCUT2D eigenvalue weighted by Crippen LogP contribution is 2.28. The van der Waals surface area contributed by atoms with E-state index in [1.807, 2.05) is 24.3 Å². The molecule has 0 N–H and O–H groups in total. The number of aryl methyl sites for hydroxylation is 2. The lowest BCUT2D eigenvalue weighted by molar-refractivity contribution is 0.301. The van der Waals surface area contributed by atoms with Crippen molar-refractivity contribution in [3.63, 3.8) is 0 Å². The van der Waals surface area contributed by atoms with E-state index in [2.05, 4.69) is 41.9 Å². The van der Waals surface area contributed by atoms with Crippen LogP contribution in [-0.4, -0.2) is 7.11 Å². The highest BCUT2D eigenvalue weighted by molar-refractivity contribution is 9.10. The third-order valence-electron chi connectivity index (χ3n) is 2.97. The fraction of sp³-hybridized carbons (Fsp3) is 0.250. The van der Waals surface area contributed by atoms with Gasteiger partial charge in [0.15, 0.2) is 0 Å². The highest BCUT2D eigenvalue weighted by atomic mass is 79.9. The molecule has 0 heterocycles. The smallest absolute Gasteiger partial charge is 0.125 e. The zero-order valence-electron chi connectivity index (χ0n) is 11.4. The molecule has 0 atom stereocenters. The Balaban J connectivity index is 2.10. The van der Waals surface area contributed by atoms with Crippen molar-refractivity contribution in [3.8, 4) is 11.5 Å². The second kappa shape index (κ2) is 6.11. The van der Waals surface area contributed by atoms with E-state index in [0.717, 1.165) is 32.7 Å². The predicted molar refractivity (Wildman–Crippen MR) is 80.9 cm³/mol. The summed E-state index contributed by atoms with van der Waals surface area (Å²) >= 11 is 3.49. The summed E-state index contributed by atoms with van der Waals surface area (Å²) in [7, 11) is 1.67. The molecule has 0 bridgehead atoms. The minimum absolute atomic E-state index is 0.563. The minimum Gasteiger partial charge on any atom is -0.497 e. The van der Waals surface area contributed by atoms with Crippen molar-refractivity contribution in [2.45, 2.75) is 20.5 Å². The molecule has 0 unspecified atom stereocenters. The molecule has 2 aromatic carbocycles. The van der Waals surface area contributed by atoms with Crippen molar-refractivity contribution in [3.05, 3.63) is 57.6 Å². The van der Waals surface area contributed by atoms with Crippen LogP contribution in [0, 0.1) is 13.8 Å². The first-order valence-corrected chi connectivity index (χ1v) is 6.92. The van der Waals surface area contributed by atoms with Gasteiger partial charge in [-0.25, -0.2) is 0 Å². The number of ether oxygens (including phenoxy) is 2. The van der Waals surface area contributed by atoms with Gasteiger partial charge in [-0.2, -0.15) is 0 Å². The fourth-order valence-electron chi connectivity index (χ4n) is 2.00. The van der Waals surface area contributed by atoms with E-state index in [1.54, 1.807) is 7.11 Å². The second-order valence-corrected chi connectivity index (χ2v) is 5.42. The largest absolute Gasteiger partial charge is 0.497 e. The molecule has 0 aliphatic heterocycles. The van der Waals surface area contributed by atoms with Gasteiger partial charge in [0, 0.05) is 4.47 Å². The van der Waals surface area contributed by atoms with Crippen LogP contribution in [0.4, 0.5) is 0 Å². The molecule has 19 heavy (non-hydrogen) atoms. The Morgan fingerprint density at radius 2 is 1.58 bits per heavy atom. The van der Waals surface area contributed by atoms with Crippen molar-refractivity contribution in [2.75, 3.05) is 7.11 Å². The van der Waals surface area contributed by atoms with Gasteiger partial charge in [0.2, 0.25) is 0 Å². The van der Waals surface area contributed by atoms with Crippen LogP contribution in [0.15, 0.2) is 40.9 Å². The SMILES string of the molecule is COc1ccc(COc2c(C)cc(Br)cc2C)cc1. The summed E-state index contributed by atoms with van der Waals surface area (Å²) in [6.45, 7) is 4.68. The van der Waals surface area contributed by atoms with E-state index in [0.29, 0.717) is 6.61 Å². The minimum atomic E-state index is 0.563. The van der Waals surface area contributed by atoms with Gasteiger partial charge in [-0.05, 0) is 54.8 Å². The molecule has 3 heteroatoms. The van der Waals surface area contributed by atoms with E-state index in [4.69, 9.17) is 9.47 Å². The van der Waals surface area contributed by atoms with Crippen LogP contribution in [0.2, 0.25) is 0 Å². The molecule has 0 radical (unpaired) electrons. The fourth-order valence-corrected chi connectivity index (χ4v) is 2.69. The van der Waals surface area contributed by atoms with Crippen LogP contribution in [0.3, 0.4) is 0 Å². The standard InChI is InChI=1S/C16H17BrO2/c1-11-8-14(17)9-12(2)16(11)19-10-13-4-6-15(18-3)7-5-13/h4-9H,10H2,1-3H3. The number of hydrogen-bond acceptors (Lipinski definition) is 2. The third kappa shape index (κ3) is 3.51. The summed E-state index contributed by atoms with van der Waals surface area (Å²) in [4.78, 5) is 0. The highest BCUT2D eigenvalue weighted by Gasteiger charge is 2.06. The lowest BCUT2D eigenvalue weighted by Crippen LogP contribution is -1.99. The molecule has 0 saturated heterocycles. The second-order valence-electron chi connectivity index (χ2n) is 4.51. The van der Waals surface area contributed by atoms with Crippen molar-refractivity contribution in [1.29, 1.82) is 0 Å². The van der Waals surface area contributed by atoms with E-state index < -0.39 is 0 Å². The van der Waals surface area contributed by atoms with E-state index >= 15 is 0 Å². The number of rotatable bonds is 4. The summed E-state index contributed by atoms with van der Waals surface area (Å²) in [6.07, 6.45) is 0. The molecule has 0 amide bonds. The molecular formula is C16H17BrO2. The Bertz CT molecular complexity index is 538. The zero-order valence-corrected chi connectivity index (χ0v) is 13.0. The number of halogens is 1. The molecule has 0 saturated carbocycles. The van der Waals surface area contributed by atoms with E-state index in [1.165, 1.54) is 0 Å². The van der Waals surface area contributed by atoms with E-state index in [9.17, 15) is 0 Å². The number of hydrogen-bond donors (Lipinski definition) is 0.